The van der Waals surface area contributed by atoms with Gasteiger partial charge in [0.2, 0.25) is 21.8 Å². The van der Waals surface area contributed by atoms with E-state index in [0.717, 1.165) is 11.8 Å². The van der Waals surface area contributed by atoms with Gasteiger partial charge in [-0.05, 0) is 29.8 Å². The number of nitrogens with zero attached hydrogens (tertiary/aromatic N) is 4. The van der Waals surface area contributed by atoms with E-state index in [1.807, 2.05) is 6.07 Å². The SMILES string of the molecule is CC(=O)Nc1cc(N=Nc2nnc(C)o2)c2c(NCc3cccc(NS(C)(=O)=O)c3)cccc2c1O. The van der Waals surface area contributed by atoms with E-state index in [9.17, 15) is 18.3 Å². The molecular weight excluding hydrogens is 486 g/mol. The van der Waals surface area contributed by atoms with Crippen LogP contribution in [-0.2, 0) is 21.4 Å². The van der Waals surface area contributed by atoms with Gasteiger partial charge in [0.1, 0.15) is 5.75 Å². The van der Waals surface area contributed by atoms with Crippen molar-refractivity contribution >= 4 is 55.5 Å². The number of azo groups is 1. The first-order valence-electron chi connectivity index (χ1n) is 10.7. The number of phenolic OH excluding ortho intramolecular Hbond substituents is 1. The number of hydrogen-bond donors (Lipinski definition) is 4. The Balaban J connectivity index is 1.74. The van der Waals surface area contributed by atoms with Gasteiger partial charge in [-0.1, -0.05) is 34.5 Å². The van der Waals surface area contributed by atoms with Gasteiger partial charge >= 0.3 is 6.01 Å². The van der Waals surface area contributed by atoms with Crippen LogP contribution in [0.25, 0.3) is 10.8 Å². The summed E-state index contributed by atoms with van der Waals surface area (Å²) in [5.41, 5.74) is 2.37. The average molecular weight is 510 g/mol. The number of rotatable bonds is 8. The Morgan fingerprint density at radius 3 is 2.56 bits per heavy atom. The highest BCUT2D eigenvalue weighted by Crippen LogP contribution is 2.43. The summed E-state index contributed by atoms with van der Waals surface area (Å²) in [4.78, 5) is 11.7. The van der Waals surface area contributed by atoms with Crippen molar-refractivity contribution in [3.8, 4) is 5.75 Å². The zero-order chi connectivity index (χ0) is 25.9. The molecule has 36 heavy (non-hydrogen) atoms. The van der Waals surface area contributed by atoms with Crippen molar-refractivity contribution in [2.24, 2.45) is 10.2 Å². The average Bonchev–Trinajstić information content (AvgIpc) is 3.22. The fraction of sp³-hybridized carbons (Fsp3) is 0.174. The number of aryl methyl sites for hydroxylation is 1. The molecule has 0 radical (unpaired) electrons. The van der Waals surface area contributed by atoms with Crippen LogP contribution < -0.4 is 15.4 Å². The van der Waals surface area contributed by atoms with E-state index in [1.165, 1.54) is 13.0 Å². The number of amides is 1. The minimum atomic E-state index is -3.41. The number of carbonyl (C=O) groups is 1. The highest BCUT2D eigenvalue weighted by atomic mass is 32.2. The fourth-order valence-corrected chi connectivity index (χ4v) is 4.09. The largest absolute Gasteiger partial charge is 0.505 e. The first kappa shape index (κ1) is 24.6. The van der Waals surface area contributed by atoms with Gasteiger partial charge in [0, 0.05) is 42.5 Å². The first-order valence-corrected chi connectivity index (χ1v) is 12.6. The van der Waals surface area contributed by atoms with Crippen molar-refractivity contribution in [1.29, 1.82) is 0 Å². The van der Waals surface area contributed by atoms with Crippen molar-refractivity contribution in [1.82, 2.24) is 10.2 Å². The van der Waals surface area contributed by atoms with Crippen molar-refractivity contribution in [3.05, 3.63) is 60.0 Å². The number of hydrogen-bond acceptors (Lipinski definition) is 10. The molecule has 0 aliphatic heterocycles. The normalized spacial score (nSPS) is 11.6. The van der Waals surface area contributed by atoms with Crippen LogP contribution in [0.2, 0.25) is 0 Å². The minimum Gasteiger partial charge on any atom is -0.505 e. The molecule has 0 fully saturated rings. The minimum absolute atomic E-state index is 0.0459. The Labute approximate surface area is 206 Å². The number of anilines is 3. The maximum Gasteiger partial charge on any atom is 0.361 e. The van der Waals surface area contributed by atoms with E-state index in [1.54, 1.807) is 43.3 Å². The molecule has 4 rings (SSSR count). The van der Waals surface area contributed by atoms with Gasteiger partial charge in [0.25, 0.3) is 0 Å². The predicted molar refractivity (Wildman–Crippen MR) is 135 cm³/mol. The molecule has 4 N–H and O–H groups in total. The molecule has 0 atom stereocenters. The highest BCUT2D eigenvalue weighted by molar-refractivity contribution is 7.92. The summed E-state index contributed by atoms with van der Waals surface area (Å²) in [5.74, 6) is -0.166. The van der Waals surface area contributed by atoms with Gasteiger partial charge in [-0.2, -0.15) is 0 Å². The lowest BCUT2D eigenvalue weighted by molar-refractivity contribution is -0.114. The van der Waals surface area contributed by atoms with Crippen molar-refractivity contribution in [3.63, 3.8) is 0 Å². The van der Waals surface area contributed by atoms with Crippen LogP contribution in [0.5, 0.6) is 5.75 Å². The smallest absolute Gasteiger partial charge is 0.361 e. The Morgan fingerprint density at radius 1 is 1.08 bits per heavy atom. The molecule has 0 spiro atoms. The van der Waals surface area contributed by atoms with E-state index in [2.05, 4.69) is 35.8 Å². The summed E-state index contributed by atoms with van der Waals surface area (Å²) in [6.45, 7) is 3.29. The van der Waals surface area contributed by atoms with E-state index in [4.69, 9.17) is 4.42 Å². The lowest BCUT2D eigenvalue weighted by Gasteiger charge is -2.15. The lowest BCUT2D eigenvalue weighted by atomic mass is 10.0. The molecule has 0 aliphatic carbocycles. The maximum absolute atomic E-state index is 11.7. The number of aromatic nitrogens is 2. The van der Waals surface area contributed by atoms with Gasteiger partial charge in [-0.15, -0.1) is 10.2 Å². The summed E-state index contributed by atoms with van der Waals surface area (Å²) in [7, 11) is -3.41. The number of benzene rings is 3. The first-order chi connectivity index (χ1) is 17.1. The van der Waals surface area contributed by atoms with E-state index in [0.29, 0.717) is 40.3 Å². The van der Waals surface area contributed by atoms with Crippen LogP contribution in [-0.4, -0.2) is 35.9 Å². The molecule has 186 valence electrons. The quantitative estimate of drug-likeness (QED) is 0.197. The Hall–Kier alpha value is -4.52. The molecule has 12 nitrogen and oxygen atoms in total. The second-order valence-corrected chi connectivity index (χ2v) is 9.68. The molecule has 1 heterocycles. The molecule has 1 amide bonds. The monoisotopic (exact) mass is 509 g/mol. The van der Waals surface area contributed by atoms with Gasteiger partial charge in [0.15, 0.2) is 0 Å². The summed E-state index contributed by atoms with van der Waals surface area (Å²) in [6, 6.07) is 13.6. The van der Waals surface area contributed by atoms with Crippen LogP contribution in [0.1, 0.15) is 18.4 Å². The van der Waals surface area contributed by atoms with Gasteiger partial charge < -0.3 is 20.2 Å². The fourth-order valence-electron chi connectivity index (χ4n) is 3.54. The summed E-state index contributed by atoms with van der Waals surface area (Å²) < 4.78 is 30.8. The molecule has 1 aromatic heterocycles. The van der Waals surface area contributed by atoms with Crippen molar-refractivity contribution in [2.75, 3.05) is 21.6 Å². The third kappa shape index (κ3) is 5.93. The highest BCUT2D eigenvalue weighted by Gasteiger charge is 2.16. The molecule has 4 aromatic rings. The second kappa shape index (κ2) is 10.00. The predicted octanol–water partition coefficient (Wildman–Crippen LogP) is 4.59. The summed E-state index contributed by atoms with van der Waals surface area (Å²) in [5, 5.41) is 33.5. The number of aromatic hydroxyl groups is 1. The Bertz CT molecular complexity index is 1580. The maximum atomic E-state index is 11.7. The van der Waals surface area contributed by atoms with Crippen molar-refractivity contribution in [2.45, 2.75) is 20.4 Å². The molecule has 13 heteroatoms. The summed E-state index contributed by atoms with van der Waals surface area (Å²) in [6.07, 6.45) is 1.08. The van der Waals surface area contributed by atoms with Crippen LogP contribution in [0.4, 0.5) is 28.8 Å². The van der Waals surface area contributed by atoms with Crippen molar-refractivity contribution < 1.29 is 22.7 Å². The molecular formula is C23H23N7O5S. The van der Waals surface area contributed by atoms with E-state index in [-0.39, 0.29) is 23.4 Å². The number of fused-ring (bicyclic) bond motifs is 1. The molecule has 0 bridgehead atoms. The third-order valence-electron chi connectivity index (χ3n) is 4.89. The molecule has 3 aromatic carbocycles. The standard InChI is InChI=1S/C23H23N7O5S/c1-13(31)25-20-11-19(27-29-23-28-26-14(2)35-23)21-17(22(20)32)8-5-9-18(21)24-12-15-6-4-7-16(10-15)30-36(3,33)34/h4-11,24,30,32H,12H2,1-3H3,(H,25,31). The molecule has 0 aliphatic rings. The number of phenols is 1. The molecule has 0 saturated heterocycles. The van der Waals surface area contributed by atoms with Crippen LogP contribution in [0.3, 0.4) is 0 Å². The number of carbonyl (C=O) groups excluding carboxylic acids is 1. The third-order valence-corrected chi connectivity index (χ3v) is 5.50. The molecule has 0 unspecified atom stereocenters. The Kier molecular flexibility index (Phi) is 6.83. The topological polar surface area (TPSA) is 171 Å². The van der Waals surface area contributed by atoms with Crippen LogP contribution in [0.15, 0.2) is 63.2 Å². The number of sulfonamides is 1. The van der Waals surface area contributed by atoms with Crippen LogP contribution in [0, 0.1) is 6.92 Å². The number of nitrogens with one attached hydrogen (secondary N) is 3. The van der Waals surface area contributed by atoms with E-state index >= 15 is 0 Å². The lowest BCUT2D eigenvalue weighted by Crippen LogP contribution is -2.10. The summed E-state index contributed by atoms with van der Waals surface area (Å²) >= 11 is 0. The zero-order valence-electron chi connectivity index (χ0n) is 19.6. The Morgan fingerprint density at radius 2 is 1.86 bits per heavy atom. The van der Waals surface area contributed by atoms with Gasteiger partial charge in [0.05, 0.1) is 17.6 Å². The second-order valence-electron chi connectivity index (χ2n) is 7.93. The van der Waals surface area contributed by atoms with E-state index < -0.39 is 10.0 Å². The zero-order valence-corrected chi connectivity index (χ0v) is 20.4. The van der Waals surface area contributed by atoms with Gasteiger partial charge in [-0.3, -0.25) is 9.52 Å². The van der Waals surface area contributed by atoms with Gasteiger partial charge in [-0.25, -0.2) is 8.42 Å². The molecule has 0 saturated carbocycles. The van der Waals surface area contributed by atoms with Crippen LogP contribution >= 0.6 is 0 Å².